The van der Waals surface area contributed by atoms with Crippen LogP contribution in [0.2, 0.25) is 0 Å². The van der Waals surface area contributed by atoms with Crippen molar-refractivity contribution in [2.24, 2.45) is 0 Å². The molecule has 11 heavy (non-hydrogen) atoms. The van der Waals surface area contributed by atoms with Crippen molar-refractivity contribution >= 4 is 0 Å². The van der Waals surface area contributed by atoms with Gasteiger partial charge in [-0.1, -0.05) is 0 Å². The fourth-order valence-electron chi connectivity index (χ4n) is 0.734. The zero-order valence-corrected chi connectivity index (χ0v) is 6.19. The summed E-state index contributed by atoms with van der Waals surface area (Å²) in [4.78, 5) is 4.88. The minimum atomic E-state index is -0.119. The van der Waals surface area contributed by atoms with Crippen molar-refractivity contribution in [3.8, 4) is 11.8 Å². The van der Waals surface area contributed by atoms with E-state index in [9.17, 15) is 0 Å². The molecule has 4 heteroatoms. The lowest BCUT2D eigenvalue weighted by Gasteiger charge is -1.96. The molecular formula is C7H10NO3+. The number of rotatable bonds is 2. The van der Waals surface area contributed by atoms with E-state index in [2.05, 4.69) is 0 Å². The van der Waals surface area contributed by atoms with Crippen molar-refractivity contribution in [2.75, 3.05) is 6.61 Å². The minimum absolute atomic E-state index is 0.119. The normalized spacial score (nSPS) is 9.55. The summed E-state index contributed by atoms with van der Waals surface area (Å²) in [6, 6.07) is 4.38. The van der Waals surface area contributed by atoms with E-state index in [1.54, 1.807) is 6.92 Å². The molecule has 0 aliphatic carbocycles. The van der Waals surface area contributed by atoms with Crippen molar-refractivity contribution in [3.63, 3.8) is 0 Å². The lowest BCUT2D eigenvalue weighted by Crippen LogP contribution is -2.42. The number of nitrogens with zero attached hydrogens (tertiary/aromatic N) is 1. The van der Waals surface area contributed by atoms with Gasteiger partial charge in [-0.05, 0) is 13.0 Å². The average Bonchev–Trinajstić information content (AvgIpc) is 1.97. The second kappa shape index (κ2) is 3.09. The molecule has 4 nitrogen and oxygen atoms in total. The summed E-state index contributed by atoms with van der Waals surface area (Å²) in [6.45, 7) is 2.15. The molecule has 1 aromatic rings. The van der Waals surface area contributed by atoms with E-state index < -0.39 is 0 Å². The van der Waals surface area contributed by atoms with Gasteiger partial charge in [-0.15, -0.1) is 0 Å². The number of hydrogen-bond donors (Lipinski definition) is 2. The highest BCUT2D eigenvalue weighted by atomic mass is 16.7. The maximum Gasteiger partial charge on any atom is 0.419 e. The Kier molecular flexibility index (Phi) is 2.15. The molecule has 0 saturated heterocycles. The molecule has 0 amide bonds. The van der Waals surface area contributed by atoms with Crippen LogP contribution in [0.4, 0.5) is 0 Å². The summed E-state index contributed by atoms with van der Waals surface area (Å²) in [7, 11) is 0. The molecule has 1 heterocycles. The molecular weight excluding hydrogens is 146 g/mol. The Hall–Kier alpha value is -1.45. The topological polar surface area (TPSA) is 53.6 Å². The van der Waals surface area contributed by atoms with Crippen molar-refractivity contribution in [1.82, 2.24) is 0 Å². The van der Waals surface area contributed by atoms with Crippen LogP contribution in [0.3, 0.4) is 0 Å². The fourth-order valence-corrected chi connectivity index (χ4v) is 0.734. The van der Waals surface area contributed by atoms with E-state index in [1.807, 2.05) is 0 Å². The zero-order chi connectivity index (χ0) is 8.27. The van der Waals surface area contributed by atoms with Crippen LogP contribution in [-0.2, 0) is 0 Å². The molecule has 0 fully saturated rings. The molecule has 0 unspecified atom stereocenters. The quantitative estimate of drug-likeness (QED) is 0.585. The van der Waals surface area contributed by atoms with Gasteiger partial charge in [0.25, 0.3) is 0 Å². The first-order chi connectivity index (χ1) is 5.25. The van der Waals surface area contributed by atoms with Crippen molar-refractivity contribution in [3.05, 3.63) is 18.2 Å². The van der Waals surface area contributed by atoms with Crippen molar-refractivity contribution in [2.45, 2.75) is 6.92 Å². The SMILES string of the molecule is CCO[n+]1c(O)cccc1O. The van der Waals surface area contributed by atoms with Crippen LogP contribution in [0.25, 0.3) is 0 Å². The molecule has 0 atom stereocenters. The highest BCUT2D eigenvalue weighted by Crippen LogP contribution is 2.05. The third-order valence-electron chi connectivity index (χ3n) is 1.16. The van der Waals surface area contributed by atoms with E-state index in [0.29, 0.717) is 6.61 Å². The molecule has 0 bridgehead atoms. The van der Waals surface area contributed by atoms with Gasteiger partial charge in [-0.3, -0.25) is 4.84 Å². The highest BCUT2D eigenvalue weighted by molar-refractivity contribution is 5.08. The maximum absolute atomic E-state index is 9.10. The summed E-state index contributed by atoms with van der Waals surface area (Å²) >= 11 is 0. The van der Waals surface area contributed by atoms with Gasteiger partial charge in [-0.2, -0.15) is 0 Å². The molecule has 2 N–H and O–H groups in total. The summed E-state index contributed by atoms with van der Waals surface area (Å²) in [6.07, 6.45) is 0. The molecule has 60 valence electrons. The van der Waals surface area contributed by atoms with E-state index >= 15 is 0 Å². The second-order valence-corrected chi connectivity index (χ2v) is 1.95. The predicted molar refractivity (Wildman–Crippen MR) is 37.1 cm³/mol. The van der Waals surface area contributed by atoms with Crippen LogP contribution >= 0.6 is 0 Å². The standard InChI is InChI=1S/C7H9NO3/c1-2-11-8-6(9)4-3-5-7(8)10/h3-5H,2H2,1H3,(H,9,10)/p+1. The summed E-state index contributed by atoms with van der Waals surface area (Å²) in [5, 5.41) is 18.2. The van der Waals surface area contributed by atoms with Gasteiger partial charge in [0.15, 0.2) is 6.61 Å². The Morgan fingerprint density at radius 2 is 1.91 bits per heavy atom. The number of aromatic hydroxyl groups is 2. The molecule has 0 aliphatic heterocycles. The monoisotopic (exact) mass is 156 g/mol. The fraction of sp³-hybridized carbons (Fsp3) is 0.286. The molecule has 1 rings (SSSR count). The van der Waals surface area contributed by atoms with Crippen LogP contribution in [-0.4, -0.2) is 16.8 Å². The maximum atomic E-state index is 9.10. The Balaban J connectivity index is 3.00. The molecule has 0 saturated carbocycles. The van der Waals surface area contributed by atoms with Gasteiger partial charge in [0.05, 0.1) is 16.9 Å². The lowest BCUT2D eigenvalue weighted by atomic mass is 10.5. The molecule has 0 spiro atoms. The Labute approximate surface area is 64.2 Å². The Bertz CT molecular complexity index is 229. The summed E-state index contributed by atoms with van der Waals surface area (Å²) in [5.74, 6) is -0.237. The molecule has 0 aliphatic rings. The van der Waals surface area contributed by atoms with Crippen LogP contribution in [0, 0.1) is 0 Å². The first-order valence-electron chi connectivity index (χ1n) is 3.32. The molecule has 1 aromatic heterocycles. The summed E-state index contributed by atoms with van der Waals surface area (Å²) in [5.41, 5.74) is 0. The number of aromatic nitrogens is 1. The smallest absolute Gasteiger partial charge is 0.419 e. The van der Waals surface area contributed by atoms with Gasteiger partial charge < -0.3 is 10.2 Å². The van der Waals surface area contributed by atoms with Gasteiger partial charge in [0.2, 0.25) is 0 Å². The second-order valence-electron chi connectivity index (χ2n) is 1.95. The van der Waals surface area contributed by atoms with Crippen molar-refractivity contribution in [1.29, 1.82) is 0 Å². The minimum Gasteiger partial charge on any atom is -0.457 e. The number of hydrogen-bond acceptors (Lipinski definition) is 3. The summed E-state index contributed by atoms with van der Waals surface area (Å²) < 4.78 is 0.958. The van der Waals surface area contributed by atoms with Gasteiger partial charge in [-0.25, -0.2) is 0 Å². The lowest BCUT2D eigenvalue weighted by molar-refractivity contribution is -0.895. The van der Waals surface area contributed by atoms with E-state index in [-0.39, 0.29) is 11.8 Å². The van der Waals surface area contributed by atoms with Crippen molar-refractivity contribution < 1.29 is 19.8 Å². The molecule has 0 aromatic carbocycles. The van der Waals surface area contributed by atoms with Crippen LogP contribution in [0.1, 0.15) is 6.92 Å². The third kappa shape index (κ3) is 1.52. The first kappa shape index (κ1) is 7.65. The van der Waals surface area contributed by atoms with Gasteiger partial charge in [0.1, 0.15) is 0 Å². The third-order valence-corrected chi connectivity index (χ3v) is 1.16. The zero-order valence-electron chi connectivity index (χ0n) is 6.19. The predicted octanol–water partition coefficient (Wildman–Crippen LogP) is -0.166. The van der Waals surface area contributed by atoms with E-state index in [1.165, 1.54) is 18.2 Å². The largest absolute Gasteiger partial charge is 0.457 e. The highest BCUT2D eigenvalue weighted by Gasteiger charge is 2.15. The van der Waals surface area contributed by atoms with Gasteiger partial charge in [0, 0.05) is 0 Å². The first-order valence-corrected chi connectivity index (χ1v) is 3.32. The van der Waals surface area contributed by atoms with Crippen LogP contribution < -0.4 is 9.57 Å². The van der Waals surface area contributed by atoms with Crippen LogP contribution in [0.5, 0.6) is 11.8 Å². The van der Waals surface area contributed by atoms with E-state index in [4.69, 9.17) is 15.1 Å². The van der Waals surface area contributed by atoms with Crippen LogP contribution in [0.15, 0.2) is 18.2 Å². The molecule has 0 radical (unpaired) electrons. The van der Waals surface area contributed by atoms with E-state index in [0.717, 1.165) is 4.73 Å². The Morgan fingerprint density at radius 1 is 1.36 bits per heavy atom. The average molecular weight is 156 g/mol. The Morgan fingerprint density at radius 3 is 2.36 bits per heavy atom. The number of pyridine rings is 1. The van der Waals surface area contributed by atoms with Gasteiger partial charge >= 0.3 is 11.8 Å².